The SMILES string of the molecule is CC(=O)NC12CC3CC(CC(C3)C1)C2.CO. The van der Waals surface area contributed by atoms with Gasteiger partial charge in [0.15, 0.2) is 0 Å². The van der Waals surface area contributed by atoms with Gasteiger partial charge in [-0.15, -0.1) is 0 Å². The number of aliphatic hydroxyl groups is 1. The topological polar surface area (TPSA) is 49.3 Å². The van der Waals surface area contributed by atoms with Crippen LogP contribution < -0.4 is 5.32 Å². The molecule has 4 bridgehead atoms. The Hall–Kier alpha value is -0.570. The molecule has 1 amide bonds. The maximum Gasteiger partial charge on any atom is 0.217 e. The van der Waals surface area contributed by atoms with Crippen molar-refractivity contribution in [1.82, 2.24) is 5.32 Å². The van der Waals surface area contributed by atoms with Gasteiger partial charge in [-0.2, -0.15) is 0 Å². The number of nitrogens with one attached hydrogen (secondary N) is 1. The van der Waals surface area contributed by atoms with Crippen molar-refractivity contribution in [3.05, 3.63) is 0 Å². The molecule has 3 heteroatoms. The van der Waals surface area contributed by atoms with Gasteiger partial charge >= 0.3 is 0 Å². The summed E-state index contributed by atoms with van der Waals surface area (Å²) in [6.07, 6.45) is 8.12. The van der Waals surface area contributed by atoms with Crippen LogP contribution in [0.5, 0.6) is 0 Å². The molecule has 3 nitrogen and oxygen atoms in total. The Morgan fingerprint density at radius 1 is 1.06 bits per heavy atom. The first-order chi connectivity index (χ1) is 7.65. The molecular formula is C13H23NO2. The zero-order chi connectivity index (χ0) is 11.8. The van der Waals surface area contributed by atoms with Gasteiger partial charge in [-0.3, -0.25) is 4.79 Å². The highest BCUT2D eigenvalue weighted by molar-refractivity contribution is 5.73. The van der Waals surface area contributed by atoms with E-state index in [1.165, 1.54) is 38.5 Å². The quantitative estimate of drug-likeness (QED) is 0.713. The van der Waals surface area contributed by atoms with E-state index in [4.69, 9.17) is 5.11 Å². The first kappa shape index (κ1) is 11.9. The second kappa shape index (κ2) is 4.36. The van der Waals surface area contributed by atoms with Gasteiger partial charge in [-0.05, 0) is 56.3 Å². The van der Waals surface area contributed by atoms with Crippen molar-refractivity contribution in [2.45, 2.75) is 51.0 Å². The minimum atomic E-state index is 0.173. The third-order valence-corrected chi connectivity index (χ3v) is 4.48. The minimum Gasteiger partial charge on any atom is -0.400 e. The second-order valence-electron chi connectivity index (χ2n) is 5.88. The van der Waals surface area contributed by atoms with Crippen LogP contribution in [0.1, 0.15) is 45.4 Å². The minimum absolute atomic E-state index is 0.173. The van der Waals surface area contributed by atoms with Gasteiger partial charge in [0.05, 0.1) is 0 Å². The average molecular weight is 225 g/mol. The molecule has 16 heavy (non-hydrogen) atoms. The molecule has 0 unspecified atom stereocenters. The van der Waals surface area contributed by atoms with Crippen LogP contribution in [0.3, 0.4) is 0 Å². The van der Waals surface area contributed by atoms with Crippen molar-refractivity contribution in [2.24, 2.45) is 17.8 Å². The highest BCUT2D eigenvalue weighted by atomic mass is 16.2. The summed E-state index contributed by atoms with van der Waals surface area (Å²) < 4.78 is 0. The van der Waals surface area contributed by atoms with Gasteiger partial charge in [-0.1, -0.05) is 0 Å². The standard InChI is InChI=1S/C12H19NO.CH4O/c1-8(14)13-12-5-9-2-10(6-12)4-11(3-9)7-12;1-2/h9-11H,2-7H2,1H3,(H,13,14);2H,1H3. The van der Waals surface area contributed by atoms with Crippen molar-refractivity contribution in [1.29, 1.82) is 0 Å². The molecule has 0 heterocycles. The predicted octanol–water partition coefficient (Wildman–Crippen LogP) is 1.70. The van der Waals surface area contributed by atoms with Crippen LogP contribution in [0.4, 0.5) is 0 Å². The first-order valence-electron chi connectivity index (χ1n) is 6.39. The lowest BCUT2D eigenvalue weighted by Crippen LogP contribution is -2.59. The van der Waals surface area contributed by atoms with Crippen molar-refractivity contribution >= 4 is 5.91 Å². The Morgan fingerprint density at radius 3 is 1.75 bits per heavy atom. The number of amides is 1. The molecular weight excluding hydrogens is 202 g/mol. The summed E-state index contributed by atoms with van der Waals surface area (Å²) in [6.45, 7) is 1.67. The number of rotatable bonds is 1. The van der Waals surface area contributed by atoms with Gasteiger partial charge in [0.25, 0.3) is 0 Å². The van der Waals surface area contributed by atoms with Crippen LogP contribution in [-0.2, 0) is 4.79 Å². The van der Waals surface area contributed by atoms with E-state index in [-0.39, 0.29) is 11.4 Å². The predicted molar refractivity (Wildman–Crippen MR) is 62.9 cm³/mol. The van der Waals surface area contributed by atoms with E-state index in [2.05, 4.69) is 5.32 Å². The van der Waals surface area contributed by atoms with E-state index in [1.807, 2.05) is 0 Å². The highest BCUT2D eigenvalue weighted by Crippen LogP contribution is 2.55. The Balaban J connectivity index is 0.000000457. The maximum atomic E-state index is 11.2. The number of hydrogen-bond acceptors (Lipinski definition) is 2. The molecule has 4 fully saturated rings. The van der Waals surface area contributed by atoms with E-state index in [9.17, 15) is 4.79 Å². The third kappa shape index (κ3) is 2.10. The summed E-state index contributed by atoms with van der Waals surface area (Å²) >= 11 is 0. The molecule has 0 aromatic rings. The molecule has 4 saturated carbocycles. The molecule has 2 N–H and O–H groups in total. The molecule has 92 valence electrons. The largest absolute Gasteiger partial charge is 0.400 e. The maximum absolute atomic E-state index is 11.2. The van der Waals surface area contributed by atoms with Crippen molar-refractivity contribution in [3.8, 4) is 0 Å². The Bertz CT molecular complexity index is 240. The lowest BCUT2D eigenvalue weighted by molar-refractivity contribution is -0.124. The summed E-state index contributed by atoms with van der Waals surface area (Å²) in [5.41, 5.74) is 0.223. The van der Waals surface area contributed by atoms with Crippen molar-refractivity contribution < 1.29 is 9.90 Å². The van der Waals surface area contributed by atoms with E-state index in [0.717, 1.165) is 24.9 Å². The van der Waals surface area contributed by atoms with Crippen LogP contribution >= 0.6 is 0 Å². The number of hydrogen-bond donors (Lipinski definition) is 2. The van der Waals surface area contributed by atoms with Gasteiger partial charge in [0.2, 0.25) is 5.91 Å². The fourth-order valence-corrected chi connectivity index (χ4v) is 4.64. The molecule has 0 atom stereocenters. The van der Waals surface area contributed by atoms with Crippen LogP contribution in [-0.4, -0.2) is 23.7 Å². The van der Waals surface area contributed by atoms with E-state index in [1.54, 1.807) is 6.92 Å². The van der Waals surface area contributed by atoms with Gasteiger partial charge in [-0.25, -0.2) is 0 Å². The lowest BCUT2D eigenvalue weighted by Gasteiger charge is -2.56. The van der Waals surface area contributed by atoms with Crippen molar-refractivity contribution in [2.75, 3.05) is 7.11 Å². The monoisotopic (exact) mass is 225 g/mol. The number of carbonyl (C=O) groups excluding carboxylic acids is 1. The molecule has 0 aromatic heterocycles. The summed E-state index contributed by atoms with van der Waals surface area (Å²) in [6, 6.07) is 0. The van der Waals surface area contributed by atoms with Gasteiger partial charge < -0.3 is 10.4 Å². The van der Waals surface area contributed by atoms with Crippen molar-refractivity contribution in [3.63, 3.8) is 0 Å². The molecule has 0 aliphatic heterocycles. The Morgan fingerprint density at radius 2 is 1.44 bits per heavy atom. The molecule has 4 aliphatic rings. The Labute approximate surface area is 97.6 Å². The summed E-state index contributed by atoms with van der Waals surface area (Å²) in [5, 5.41) is 10.2. The smallest absolute Gasteiger partial charge is 0.217 e. The van der Waals surface area contributed by atoms with Gasteiger partial charge in [0.1, 0.15) is 0 Å². The molecule has 4 rings (SSSR count). The summed E-state index contributed by atoms with van der Waals surface area (Å²) in [4.78, 5) is 11.2. The molecule has 0 saturated heterocycles. The average Bonchev–Trinajstić information content (AvgIpc) is 2.16. The fourth-order valence-electron chi connectivity index (χ4n) is 4.64. The van der Waals surface area contributed by atoms with Crippen LogP contribution in [0.15, 0.2) is 0 Å². The normalized spacial score (nSPS) is 43.6. The van der Waals surface area contributed by atoms with Crippen LogP contribution in [0.25, 0.3) is 0 Å². The first-order valence-corrected chi connectivity index (χ1v) is 6.39. The zero-order valence-electron chi connectivity index (χ0n) is 10.3. The van der Waals surface area contributed by atoms with Crippen LogP contribution in [0, 0.1) is 17.8 Å². The molecule has 4 aliphatic carbocycles. The Kier molecular flexibility index (Phi) is 3.24. The molecule has 0 spiro atoms. The van der Waals surface area contributed by atoms with Crippen LogP contribution in [0.2, 0.25) is 0 Å². The summed E-state index contributed by atoms with van der Waals surface area (Å²) in [5.74, 6) is 2.95. The summed E-state index contributed by atoms with van der Waals surface area (Å²) in [7, 11) is 1.00. The number of aliphatic hydroxyl groups excluding tert-OH is 1. The van der Waals surface area contributed by atoms with E-state index in [0.29, 0.717) is 0 Å². The van der Waals surface area contributed by atoms with E-state index < -0.39 is 0 Å². The number of carbonyl (C=O) groups is 1. The van der Waals surface area contributed by atoms with Gasteiger partial charge in [0, 0.05) is 19.6 Å². The lowest BCUT2D eigenvalue weighted by atomic mass is 9.53. The zero-order valence-corrected chi connectivity index (χ0v) is 10.3. The fraction of sp³-hybridized carbons (Fsp3) is 0.923. The highest BCUT2D eigenvalue weighted by Gasteiger charge is 2.51. The second-order valence-corrected chi connectivity index (χ2v) is 5.88. The van der Waals surface area contributed by atoms with E-state index >= 15 is 0 Å². The third-order valence-electron chi connectivity index (χ3n) is 4.48. The molecule has 0 aromatic carbocycles. The molecule has 0 radical (unpaired) electrons.